The standard InChI is InChI=1S/C17H14N6O3/c1-22-17(19-20-21-22)13-5-7-14(8-6-13)18-16(24)11-4-12-2-9-15(10-3-12)23(25)26/h2-11H,1H3,(H,18,24)/b11-4+. The Morgan fingerprint density at radius 3 is 2.42 bits per heavy atom. The maximum Gasteiger partial charge on any atom is 0.269 e. The Kier molecular flexibility index (Phi) is 4.79. The molecule has 0 bridgehead atoms. The van der Waals surface area contributed by atoms with E-state index in [-0.39, 0.29) is 11.6 Å². The molecule has 26 heavy (non-hydrogen) atoms. The van der Waals surface area contributed by atoms with Crippen molar-refractivity contribution in [2.24, 2.45) is 7.05 Å². The first-order valence-corrected chi connectivity index (χ1v) is 7.59. The second-order valence-electron chi connectivity index (χ2n) is 5.37. The van der Waals surface area contributed by atoms with Gasteiger partial charge in [-0.1, -0.05) is 0 Å². The molecule has 9 nitrogen and oxygen atoms in total. The number of carbonyl (C=O) groups excluding carboxylic acids is 1. The van der Waals surface area contributed by atoms with Gasteiger partial charge in [0.15, 0.2) is 5.82 Å². The van der Waals surface area contributed by atoms with Crippen LogP contribution in [0.4, 0.5) is 11.4 Å². The first kappa shape index (κ1) is 17.0. The minimum Gasteiger partial charge on any atom is -0.323 e. The molecule has 3 rings (SSSR count). The van der Waals surface area contributed by atoms with E-state index in [9.17, 15) is 14.9 Å². The van der Waals surface area contributed by atoms with Crippen LogP contribution in [0.25, 0.3) is 17.5 Å². The lowest BCUT2D eigenvalue weighted by atomic mass is 10.2. The summed E-state index contributed by atoms with van der Waals surface area (Å²) in [6.07, 6.45) is 2.94. The maximum atomic E-state index is 12.0. The predicted molar refractivity (Wildman–Crippen MR) is 95.0 cm³/mol. The molecule has 0 saturated heterocycles. The number of benzene rings is 2. The summed E-state index contributed by atoms with van der Waals surface area (Å²) >= 11 is 0. The number of non-ortho nitro benzene ring substituents is 1. The smallest absolute Gasteiger partial charge is 0.269 e. The van der Waals surface area contributed by atoms with E-state index in [0.29, 0.717) is 17.1 Å². The van der Waals surface area contributed by atoms with Crippen molar-refractivity contribution >= 4 is 23.4 Å². The third-order valence-corrected chi connectivity index (χ3v) is 3.56. The van der Waals surface area contributed by atoms with Gasteiger partial charge >= 0.3 is 0 Å². The van der Waals surface area contributed by atoms with Gasteiger partial charge in [0.25, 0.3) is 5.69 Å². The summed E-state index contributed by atoms with van der Waals surface area (Å²) in [5, 5.41) is 24.6. The van der Waals surface area contributed by atoms with Crippen LogP contribution >= 0.6 is 0 Å². The summed E-state index contributed by atoms with van der Waals surface area (Å²) in [5.74, 6) is 0.317. The van der Waals surface area contributed by atoms with Crippen LogP contribution in [-0.4, -0.2) is 31.0 Å². The van der Waals surface area contributed by atoms with Crippen LogP contribution in [0.2, 0.25) is 0 Å². The van der Waals surface area contributed by atoms with Gasteiger partial charge in [0, 0.05) is 36.5 Å². The summed E-state index contributed by atoms with van der Waals surface area (Å²) in [5.41, 5.74) is 2.15. The van der Waals surface area contributed by atoms with E-state index in [4.69, 9.17) is 0 Å². The Bertz CT molecular complexity index is 961. The Morgan fingerprint density at radius 1 is 1.15 bits per heavy atom. The van der Waals surface area contributed by atoms with Crippen molar-refractivity contribution in [1.29, 1.82) is 0 Å². The van der Waals surface area contributed by atoms with Gasteiger partial charge in [-0.2, -0.15) is 0 Å². The highest BCUT2D eigenvalue weighted by Crippen LogP contribution is 2.18. The van der Waals surface area contributed by atoms with Crippen molar-refractivity contribution in [1.82, 2.24) is 20.2 Å². The van der Waals surface area contributed by atoms with Gasteiger partial charge in [0.1, 0.15) is 0 Å². The van der Waals surface area contributed by atoms with Crippen LogP contribution in [0.15, 0.2) is 54.6 Å². The number of carbonyl (C=O) groups is 1. The molecule has 0 fully saturated rings. The molecule has 0 spiro atoms. The van der Waals surface area contributed by atoms with E-state index in [1.54, 1.807) is 54.2 Å². The first-order valence-electron chi connectivity index (χ1n) is 7.59. The fourth-order valence-electron chi connectivity index (χ4n) is 2.24. The fraction of sp³-hybridized carbons (Fsp3) is 0.0588. The lowest BCUT2D eigenvalue weighted by Crippen LogP contribution is -2.07. The maximum absolute atomic E-state index is 12.0. The summed E-state index contributed by atoms with van der Waals surface area (Å²) in [6, 6.07) is 13.0. The van der Waals surface area contributed by atoms with Gasteiger partial charge < -0.3 is 5.32 Å². The topological polar surface area (TPSA) is 116 Å². The number of aromatic nitrogens is 4. The average Bonchev–Trinajstić information content (AvgIpc) is 3.07. The second kappa shape index (κ2) is 7.34. The van der Waals surface area contributed by atoms with Crippen molar-refractivity contribution in [2.45, 2.75) is 0 Å². The molecule has 0 radical (unpaired) electrons. The van der Waals surface area contributed by atoms with Crippen molar-refractivity contribution < 1.29 is 9.72 Å². The molecule has 1 aromatic heterocycles. The van der Waals surface area contributed by atoms with Crippen molar-refractivity contribution in [2.75, 3.05) is 5.32 Å². The average molecular weight is 350 g/mol. The number of nitro benzene ring substituents is 1. The molecule has 0 aliphatic rings. The molecule has 0 aliphatic heterocycles. The van der Waals surface area contributed by atoms with Gasteiger partial charge in [0.2, 0.25) is 5.91 Å². The number of hydrogen-bond acceptors (Lipinski definition) is 6. The van der Waals surface area contributed by atoms with Gasteiger partial charge in [0.05, 0.1) is 4.92 Å². The third-order valence-electron chi connectivity index (χ3n) is 3.56. The summed E-state index contributed by atoms with van der Waals surface area (Å²) < 4.78 is 1.56. The summed E-state index contributed by atoms with van der Waals surface area (Å²) in [7, 11) is 1.74. The zero-order chi connectivity index (χ0) is 18.5. The zero-order valence-electron chi connectivity index (χ0n) is 13.7. The van der Waals surface area contributed by atoms with Gasteiger partial charge in [-0.15, -0.1) is 5.10 Å². The molecule has 3 aromatic rings. The van der Waals surface area contributed by atoms with Gasteiger partial charge in [-0.25, -0.2) is 4.68 Å². The first-order chi connectivity index (χ1) is 12.5. The molecule has 9 heteroatoms. The SMILES string of the molecule is Cn1nnnc1-c1ccc(NC(=O)/C=C/c2ccc([N+](=O)[O-])cc2)cc1. The molecule has 2 aromatic carbocycles. The van der Waals surface area contributed by atoms with Crippen molar-refractivity contribution in [3.05, 3.63) is 70.3 Å². The van der Waals surface area contributed by atoms with E-state index in [1.165, 1.54) is 18.2 Å². The highest BCUT2D eigenvalue weighted by Gasteiger charge is 2.06. The molecule has 0 atom stereocenters. The minimum atomic E-state index is -0.471. The number of tetrazole rings is 1. The van der Waals surface area contributed by atoms with E-state index in [2.05, 4.69) is 20.8 Å². The highest BCUT2D eigenvalue weighted by atomic mass is 16.6. The fourth-order valence-corrected chi connectivity index (χ4v) is 2.24. The molecule has 1 amide bonds. The number of nitrogens with one attached hydrogen (secondary N) is 1. The normalized spacial score (nSPS) is 10.8. The highest BCUT2D eigenvalue weighted by molar-refractivity contribution is 6.02. The van der Waals surface area contributed by atoms with Crippen LogP contribution in [0.1, 0.15) is 5.56 Å². The van der Waals surface area contributed by atoms with E-state index >= 15 is 0 Å². The van der Waals surface area contributed by atoms with Crippen molar-refractivity contribution in [3.8, 4) is 11.4 Å². The van der Waals surface area contributed by atoms with Gasteiger partial charge in [-0.3, -0.25) is 14.9 Å². The van der Waals surface area contributed by atoms with Crippen LogP contribution < -0.4 is 5.32 Å². The van der Waals surface area contributed by atoms with Crippen LogP contribution in [0, 0.1) is 10.1 Å². The Balaban J connectivity index is 1.62. The van der Waals surface area contributed by atoms with E-state index < -0.39 is 4.92 Å². The Labute approximate surface area is 148 Å². The largest absolute Gasteiger partial charge is 0.323 e. The molecule has 1 heterocycles. The molecule has 130 valence electrons. The van der Waals surface area contributed by atoms with Gasteiger partial charge in [-0.05, 0) is 58.5 Å². The lowest BCUT2D eigenvalue weighted by molar-refractivity contribution is -0.384. The van der Waals surface area contributed by atoms with Crippen LogP contribution in [0.3, 0.4) is 0 Å². The number of rotatable bonds is 5. The molecular weight excluding hydrogens is 336 g/mol. The van der Waals surface area contributed by atoms with E-state index in [1.807, 2.05) is 0 Å². The monoisotopic (exact) mass is 350 g/mol. The van der Waals surface area contributed by atoms with E-state index in [0.717, 1.165) is 5.56 Å². The number of nitro groups is 1. The van der Waals surface area contributed by atoms with Crippen molar-refractivity contribution in [3.63, 3.8) is 0 Å². The molecule has 0 aliphatic carbocycles. The number of aryl methyl sites for hydroxylation is 1. The molecule has 0 unspecified atom stereocenters. The number of anilines is 1. The minimum absolute atomic E-state index is 0.00445. The van der Waals surface area contributed by atoms with Crippen LogP contribution in [0.5, 0.6) is 0 Å². The lowest BCUT2D eigenvalue weighted by Gasteiger charge is -2.04. The number of hydrogen-bond donors (Lipinski definition) is 1. The zero-order valence-corrected chi connectivity index (χ0v) is 13.7. The quantitative estimate of drug-likeness (QED) is 0.429. The number of amides is 1. The molecule has 1 N–H and O–H groups in total. The van der Waals surface area contributed by atoms with Crippen LogP contribution in [-0.2, 0) is 11.8 Å². The summed E-state index contributed by atoms with van der Waals surface area (Å²) in [6.45, 7) is 0. The predicted octanol–water partition coefficient (Wildman–Crippen LogP) is 2.44. The Hall–Kier alpha value is -3.88. The number of nitrogens with zero attached hydrogens (tertiary/aromatic N) is 5. The third kappa shape index (κ3) is 3.96. The second-order valence-corrected chi connectivity index (χ2v) is 5.37. The molecule has 0 saturated carbocycles. The Morgan fingerprint density at radius 2 is 1.85 bits per heavy atom. The summed E-state index contributed by atoms with van der Waals surface area (Å²) in [4.78, 5) is 22.1. The molecular formula is C17H14N6O3.